The van der Waals surface area contributed by atoms with Crippen LogP contribution in [-0.2, 0) is 16.2 Å². The summed E-state index contributed by atoms with van der Waals surface area (Å²) in [4.78, 5) is -0.0360. The zero-order valence-electron chi connectivity index (χ0n) is 15.3. The maximum atomic E-state index is 13.1. The van der Waals surface area contributed by atoms with Gasteiger partial charge < -0.3 is 0 Å². The molecule has 30 heavy (non-hydrogen) atoms. The summed E-state index contributed by atoms with van der Waals surface area (Å²) in [6.45, 7) is 0.330. The van der Waals surface area contributed by atoms with Gasteiger partial charge in [0.05, 0.1) is 10.5 Å². The van der Waals surface area contributed by atoms with Crippen LogP contribution in [-0.4, -0.2) is 40.4 Å². The largest absolute Gasteiger partial charge is 0.417 e. The Balaban J connectivity index is 1.67. The molecule has 3 aromatic rings. The van der Waals surface area contributed by atoms with E-state index in [1.165, 1.54) is 33.0 Å². The fraction of sp³-hybridized carbons (Fsp3) is 0.333. The number of alkyl halides is 3. The van der Waals surface area contributed by atoms with Gasteiger partial charge in [-0.15, -0.1) is 10.2 Å². The lowest BCUT2D eigenvalue weighted by Crippen LogP contribution is -2.39. The maximum absolute atomic E-state index is 13.1. The molecule has 12 heteroatoms. The third kappa shape index (κ3) is 4.01. The van der Waals surface area contributed by atoms with Gasteiger partial charge in [-0.25, -0.2) is 8.42 Å². The van der Waals surface area contributed by atoms with Crippen LogP contribution in [0, 0.1) is 0 Å². The van der Waals surface area contributed by atoms with Gasteiger partial charge in [-0.2, -0.15) is 17.5 Å². The number of pyridine rings is 1. The van der Waals surface area contributed by atoms with E-state index in [1.54, 1.807) is 0 Å². The van der Waals surface area contributed by atoms with Crippen molar-refractivity contribution >= 4 is 38.9 Å². The van der Waals surface area contributed by atoms with E-state index >= 15 is 0 Å². The van der Waals surface area contributed by atoms with E-state index in [0.717, 1.165) is 12.3 Å². The number of nitrogens with zero attached hydrogens (tertiary/aromatic N) is 4. The van der Waals surface area contributed by atoms with Gasteiger partial charge in [0.15, 0.2) is 5.65 Å². The number of halogens is 5. The Morgan fingerprint density at radius 3 is 2.43 bits per heavy atom. The van der Waals surface area contributed by atoms with Gasteiger partial charge in [-0.3, -0.25) is 4.40 Å². The molecular formula is C18H15Cl2F3N4O2S. The molecule has 2 aromatic heterocycles. The number of hydrogen-bond acceptors (Lipinski definition) is 4. The molecule has 1 aromatic carbocycles. The zero-order valence-corrected chi connectivity index (χ0v) is 17.6. The van der Waals surface area contributed by atoms with Crippen LogP contribution in [0.15, 0.2) is 41.4 Å². The Hall–Kier alpha value is -1.88. The van der Waals surface area contributed by atoms with Crippen molar-refractivity contribution in [1.82, 2.24) is 18.9 Å². The molecule has 0 saturated carbocycles. The molecule has 0 aliphatic carbocycles. The number of fused-ring (bicyclic) bond motifs is 1. The van der Waals surface area contributed by atoms with Crippen LogP contribution < -0.4 is 0 Å². The van der Waals surface area contributed by atoms with Gasteiger partial charge in [-0.1, -0.05) is 23.2 Å². The minimum absolute atomic E-state index is 0.0360. The highest BCUT2D eigenvalue weighted by molar-refractivity contribution is 7.89. The van der Waals surface area contributed by atoms with Crippen LogP contribution in [0.4, 0.5) is 13.2 Å². The van der Waals surface area contributed by atoms with Crippen molar-refractivity contribution in [3.63, 3.8) is 0 Å². The monoisotopic (exact) mass is 478 g/mol. The average Bonchev–Trinajstić information content (AvgIpc) is 3.10. The normalized spacial score (nSPS) is 18.8. The lowest BCUT2D eigenvalue weighted by atomic mass is 9.99. The Kier molecular flexibility index (Phi) is 5.46. The highest BCUT2D eigenvalue weighted by atomic mass is 35.5. The molecule has 0 spiro atoms. The van der Waals surface area contributed by atoms with E-state index < -0.39 is 27.7 Å². The van der Waals surface area contributed by atoms with Crippen LogP contribution in [0.1, 0.15) is 30.1 Å². The van der Waals surface area contributed by atoms with Gasteiger partial charge in [0, 0.05) is 35.2 Å². The van der Waals surface area contributed by atoms with Crippen molar-refractivity contribution in [1.29, 1.82) is 0 Å². The lowest BCUT2D eigenvalue weighted by molar-refractivity contribution is -0.137. The first-order valence-electron chi connectivity index (χ1n) is 8.94. The summed E-state index contributed by atoms with van der Waals surface area (Å²) in [6.07, 6.45) is -2.48. The van der Waals surface area contributed by atoms with E-state index in [0.29, 0.717) is 18.7 Å². The molecule has 0 bridgehead atoms. The molecule has 3 heterocycles. The molecule has 1 fully saturated rings. The molecule has 0 amide bonds. The molecule has 6 nitrogen and oxygen atoms in total. The van der Waals surface area contributed by atoms with Crippen molar-refractivity contribution in [2.24, 2.45) is 0 Å². The molecular weight excluding hydrogens is 464 g/mol. The maximum Gasteiger partial charge on any atom is 0.417 e. The molecule has 1 saturated heterocycles. The van der Waals surface area contributed by atoms with Gasteiger partial charge in [-0.05, 0) is 43.2 Å². The minimum atomic E-state index is -4.51. The molecule has 1 aliphatic rings. The number of rotatable bonds is 3. The van der Waals surface area contributed by atoms with Crippen molar-refractivity contribution in [2.75, 3.05) is 13.1 Å². The fourth-order valence-electron chi connectivity index (χ4n) is 3.55. The molecule has 0 unspecified atom stereocenters. The Bertz CT molecular complexity index is 1190. The number of sulfonamides is 1. The van der Waals surface area contributed by atoms with Crippen LogP contribution >= 0.6 is 23.2 Å². The SMILES string of the molecule is O=S(=O)(c1cc(Cl)cc(Cl)c1)N1CCC[C@@H](c2nnc3ccc(C(F)(F)F)cn23)C1. The quantitative estimate of drug-likeness (QED) is 0.550. The molecule has 1 aliphatic heterocycles. The molecule has 4 rings (SSSR count). The van der Waals surface area contributed by atoms with Crippen LogP contribution in [0.3, 0.4) is 0 Å². The van der Waals surface area contributed by atoms with Crippen LogP contribution in [0.5, 0.6) is 0 Å². The first kappa shape index (κ1) is 21.4. The Labute approximate surface area is 180 Å². The van der Waals surface area contributed by atoms with E-state index in [-0.39, 0.29) is 33.7 Å². The first-order valence-corrected chi connectivity index (χ1v) is 11.1. The summed E-state index contributed by atoms with van der Waals surface area (Å²) in [6, 6.07) is 6.24. The average molecular weight is 479 g/mol. The number of piperidine rings is 1. The van der Waals surface area contributed by atoms with Gasteiger partial charge in [0.2, 0.25) is 10.0 Å². The Morgan fingerprint density at radius 2 is 1.77 bits per heavy atom. The summed E-state index contributed by atoms with van der Waals surface area (Å²) in [5, 5.41) is 8.35. The van der Waals surface area contributed by atoms with E-state index in [4.69, 9.17) is 23.2 Å². The second kappa shape index (κ2) is 7.67. The van der Waals surface area contributed by atoms with E-state index in [1.807, 2.05) is 0 Å². The zero-order chi connectivity index (χ0) is 21.7. The summed E-state index contributed by atoms with van der Waals surface area (Å²) < 4.78 is 68.0. The summed E-state index contributed by atoms with van der Waals surface area (Å²) in [7, 11) is -3.89. The van der Waals surface area contributed by atoms with Crippen LogP contribution in [0.2, 0.25) is 10.0 Å². The smallest absolute Gasteiger partial charge is 0.286 e. The van der Waals surface area contributed by atoms with Crippen molar-refractivity contribution in [3.8, 4) is 0 Å². The summed E-state index contributed by atoms with van der Waals surface area (Å²) >= 11 is 11.9. The molecule has 0 radical (unpaired) electrons. The number of aromatic nitrogens is 3. The predicted molar refractivity (Wildman–Crippen MR) is 105 cm³/mol. The standard InChI is InChI=1S/C18H15Cl2F3N4O2S/c19-13-6-14(20)8-15(7-13)30(28,29)26-5-1-2-11(9-26)17-25-24-16-4-3-12(10-27(16)17)18(21,22)23/h3-4,6-8,10-11H,1-2,5,9H2/t11-/m1/s1. The van der Waals surface area contributed by atoms with Gasteiger partial charge in [0.1, 0.15) is 5.82 Å². The molecule has 160 valence electrons. The lowest BCUT2D eigenvalue weighted by Gasteiger charge is -2.31. The molecule has 0 N–H and O–H groups in total. The molecule has 1 atom stereocenters. The van der Waals surface area contributed by atoms with Gasteiger partial charge >= 0.3 is 6.18 Å². The van der Waals surface area contributed by atoms with Crippen molar-refractivity contribution in [3.05, 3.63) is 58.0 Å². The highest BCUT2D eigenvalue weighted by Gasteiger charge is 2.35. The third-order valence-electron chi connectivity index (χ3n) is 4.98. The van der Waals surface area contributed by atoms with E-state index in [9.17, 15) is 21.6 Å². The minimum Gasteiger partial charge on any atom is -0.286 e. The summed E-state index contributed by atoms with van der Waals surface area (Å²) in [5.41, 5.74) is -0.565. The summed E-state index contributed by atoms with van der Waals surface area (Å²) in [5.74, 6) is -0.123. The highest BCUT2D eigenvalue weighted by Crippen LogP contribution is 2.33. The van der Waals surface area contributed by atoms with Crippen LogP contribution in [0.25, 0.3) is 5.65 Å². The number of hydrogen-bond donors (Lipinski definition) is 0. The first-order chi connectivity index (χ1) is 14.1. The topological polar surface area (TPSA) is 67.6 Å². The van der Waals surface area contributed by atoms with E-state index in [2.05, 4.69) is 10.2 Å². The fourth-order valence-corrected chi connectivity index (χ4v) is 5.80. The second-order valence-electron chi connectivity index (χ2n) is 7.01. The predicted octanol–water partition coefficient (Wildman–Crippen LogP) is 4.62. The number of benzene rings is 1. The Morgan fingerprint density at radius 1 is 1.07 bits per heavy atom. The third-order valence-corrected chi connectivity index (χ3v) is 7.26. The van der Waals surface area contributed by atoms with Crippen molar-refractivity contribution < 1.29 is 21.6 Å². The van der Waals surface area contributed by atoms with Crippen molar-refractivity contribution in [2.45, 2.75) is 29.8 Å². The second-order valence-corrected chi connectivity index (χ2v) is 9.82. The van der Waals surface area contributed by atoms with Gasteiger partial charge in [0.25, 0.3) is 0 Å².